The molecule has 7 nitrogen and oxygen atoms in total. The Kier molecular flexibility index (Phi) is 8.01. The van der Waals surface area contributed by atoms with E-state index in [9.17, 15) is 8.78 Å². The number of aliphatic imine (C=N–C) groups is 1. The van der Waals surface area contributed by atoms with E-state index < -0.39 is 11.6 Å². The molecule has 3 aromatic carbocycles. The number of anilines is 2. The summed E-state index contributed by atoms with van der Waals surface area (Å²) in [5.41, 5.74) is 12.2. The van der Waals surface area contributed by atoms with Crippen LogP contribution in [0.1, 0.15) is 54.4 Å². The van der Waals surface area contributed by atoms with E-state index in [1.807, 2.05) is 30.5 Å². The summed E-state index contributed by atoms with van der Waals surface area (Å²) in [5.74, 6) is -1.06. The fraction of sp³-hybridized carbons (Fsp3) is 0.219. The van der Waals surface area contributed by atoms with Crippen molar-refractivity contribution >= 4 is 34.6 Å². The summed E-state index contributed by atoms with van der Waals surface area (Å²) in [6, 6.07) is 16.8. The topological polar surface area (TPSA) is 98.4 Å². The summed E-state index contributed by atoms with van der Waals surface area (Å²) in [6.45, 7) is 0.139. The van der Waals surface area contributed by atoms with Crippen molar-refractivity contribution in [2.45, 2.75) is 44.7 Å². The average molecular weight is 584 g/mol. The molecule has 0 amide bonds. The Morgan fingerprint density at radius 1 is 0.976 bits per heavy atom. The summed E-state index contributed by atoms with van der Waals surface area (Å²) in [7, 11) is 0. The van der Waals surface area contributed by atoms with Gasteiger partial charge >= 0.3 is 0 Å². The van der Waals surface area contributed by atoms with Gasteiger partial charge in [-0.1, -0.05) is 55.1 Å². The number of benzene rings is 3. The lowest BCUT2D eigenvalue weighted by Gasteiger charge is -2.22. The van der Waals surface area contributed by atoms with E-state index in [0.29, 0.717) is 45.1 Å². The van der Waals surface area contributed by atoms with Gasteiger partial charge in [0.25, 0.3) is 0 Å². The van der Waals surface area contributed by atoms with Gasteiger partial charge in [-0.2, -0.15) is 5.11 Å². The number of rotatable bonds is 7. The zero-order chi connectivity index (χ0) is 29.1. The van der Waals surface area contributed by atoms with Crippen molar-refractivity contribution in [3.8, 4) is 11.3 Å². The molecule has 6 rings (SSSR count). The molecule has 0 atom stereocenters. The zero-order valence-corrected chi connectivity index (χ0v) is 23.4. The minimum absolute atomic E-state index is 0.139. The van der Waals surface area contributed by atoms with Gasteiger partial charge in [0.1, 0.15) is 17.3 Å². The molecule has 212 valence electrons. The molecule has 1 aromatic heterocycles. The Balaban J connectivity index is 1.27. The molecular formula is C32H28ClF2N7. The van der Waals surface area contributed by atoms with E-state index in [2.05, 4.69) is 25.7 Å². The number of hydrogen-bond acceptors (Lipinski definition) is 7. The van der Waals surface area contributed by atoms with Crippen molar-refractivity contribution in [1.82, 2.24) is 15.3 Å². The van der Waals surface area contributed by atoms with E-state index in [1.165, 1.54) is 37.5 Å². The summed E-state index contributed by atoms with van der Waals surface area (Å²) < 4.78 is 29.6. The average Bonchev–Trinajstić information content (AvgIpc) is 3.15. The summed E-state index contributed by atoms with van der Waals surface area (Å²) >= 11 is 6.32. The monoisotopic (exact) mass is 583 g/mol. The Hall–Kier alpha value is -4.50. The number of halogens is 3. The van der Waals surface area contributed by atoms with Gasteiger partial charge in [0.05, 0.1) is 23.5 Å². The van der Waals surface area contributed by atoms with Gasteiger partial charge in [-0.3, -0.25) is 4.99 Å². The third-order valence-electron chi connectivity index (χ3n) is 7.58. The first-order valence-corrected chi connectivity index (χ1v) is 14.2. The first kappa shape index (κ1) is 27.7. The zero-order valence-electron chi connectivity index (χ0n) is 22.7. The van der Waals surface area contributed by atoms with E-state index in [-0.39, 0.29) is 17.8 Å². The van der Waals surface area contributed by atoms with Crippen LogP contribution in [0.4, 0.5) is 20.4 Å². The molecule has 1 fully saturated rings. The molecule has 0 radical (unpaired) electrons. The SMILES string of the molecule is N=N/C(=C\NC1CCCCC1)c1ccc(Nc2ncc3c(n2)-c2ccc(Cl)cc2C(c2c(F)cccc2F)=NC3)cc1. The van der Waals surface area contributed by atoms with Crippen LogP contribution in [0, 0.1) is 17.2 Å². The predicted molar refractivity (Wildman–Crippen MR) is 161 cm³/mol. The highest BCUT2D eigenvalue weighted by Crippen LogP contribution is 2.35. The molecular weight excluding hydrogens is 556 g/mol. The first-order valence-electron chi connectivity index (χ1n) is 13.9. The molecule has 4 aromatic rings. The molecule has 3 N–H and O–H groups in total. The highest BCUT2D eigenvalue weighted by molar-refractivity contribution is 6.31. The van der Waals surface area contributed by atoms with Crippen LogP contribution < -0.4 is 10.6 Å². The standard InChI is InChI=1S/C32H28ClF2N7/c33-21-11-14-24-25(15-21)31(29-26(34)7-4-8-27(29)35)38-16-20-17-39-32(41-30(20)24)40-23-12-9-19(10-13-23)28(42-36)18-37-22-5-2-1-3-6-22/h4,7-15,17-18,22,36-37H,1-3,5-6,16H2,(H,39,40,41)/b28-18-,42-36?. The van der Waals surface area contributed by atoms with Crippen molar-refractivity contribution < 1.29 is 8.78 Å². The van der Waals surface area contributed by atoms with Gasteiger partial charge in [-0.15, -0.1) is 0 Å². The third-order valence-corrected chi connectivity index (χ3v) is 7.82. The molecule has 1 saturated carbocycles. The van der Waals surface area contributed by atoms with Crippen molar-refractivity contribution in [3.63, 3.8) is 0 Å². The molecule has 2 aliphatic rings. The number of nitrogens with zero attached hydrogens (tertiary/aromatic N) is 4. The minimum Gasteiger partial charge on any atom is -0.386 e. The first-order chi connectivity index (χ1) is 20.5. The molecule has 2 heterocycles. The fourth-order valence-electron chi connectivity index (χ4n) is 5.42. The lowest BCUT2D eigenvalue weighted by atomic mass is 9.95. The lowest BCUT2D eigenvalue weighted by molar-refractivity contribution is 0.404. The normalized spacial score (nSPS) is 15.2. The molecule has 10 heteroatoms. The van der Waals surface area contributed by atoms with Crippen LogP contribution in [0.2, 0.25) is 5.02 Å². The lowest BCUT2D eigenvalue weighted by Crippen LogP contribution is -2.26. The second kappa shape index (κ2) is 12.2. The second-order valence-electron chi connectivity index (χ2n) is 10.4. The number of aromatic nitrogens is 2. The van der Waals surface area contributed by atoms with Gasteiger partial charge in [-0.25, -0.2) is 24.3 Å². The molecule has 42 heavy (non-hydrogen) atoms. The Morgan fingerprint density at radius 2 is 1.74 bits per heavy atom. The molecule has 0 saturated heterocycles. The Morgan fingerprint density at radius 3 is 2.48 bits per heavy atom. The van der Waals surface area contributed by atoms with Crippen LogP contribution in [0.3, 0.4) is 0 Å². The van der Waals surface area contributed by atoms with Crippen LogP contribution in [-0.4, -0.2) is 21.7 Å². The van der Waals surface area contributed by atoms with E-state index in [0.717, 1.165) is 24.1 Å². The summed E-state index contributed by atoms with van der Waals surface area (Å²) in [4.78, 5) is 13.8. The predicted octanol–water partition coefficient (Wildman–Crippen LogP) is 8.42. The third kappa shape index (κ3) is 5.78. The van der Waals surface area contributed by atoms with Gasteiger partial charge in [0.2, 0.25) is 5.95 Å². The number of fused-ring (bicyclic) bond motifs is 3. The van der Waals surface area contributed by atoms with Crippen molar-refractivity contribution in [2.24, 2.45) is 10.1 Å². The van der Waals surface area contributed by atoms with Crippen LogP contribution in [0.15, 0.2) is 83.2 Å². The van der Waals surface area contributed by atoms with Crippen LogP contribution in [0.5, 0.6) is 0 Å². The van der Waals surface area contributed by atoms with Gasteiger partial charge < -0.3 is 10.6 Å². The molecule has 1 aliphatic carbocycles. The van der Waals surface area contributed by atoms with Crippen molar-refractivity contribution in [1.29, 1.82) is 5.53 Å². The molecule has 1 aliphatic heterocycles. The summed E-state index contributed by atoms with van der Waals surface area (Å²) in [5, 5.41) is 10.8. The van der Waals surface area contributed by atoms with Crippen LogP contribution in [-0.2, 0) is 6.54 Å². The smallest absolute Gasteiger partial charge is 0.227 e. The number of hydrogen-bond donors (Lipinski definition) is 3. The molecule has 0 spiro atoms. The highest BCUT2D eigenvalue weighted by Gasteiger charge is 2.25. The molecule has 0 bridgehead atoms. The number of nitrogens with one attached hydrogen (secondary N) is 3. The Bertz CT molecular complexity index is 1680. The van der Waals surface area contributed by atoms with E-state index in [4.69, 9.17) is 22.1 Å². The van der Waals surface area contributed by atoms with Gasteiger partial charge in [-0.05, 0) is 49.2 Å². The fourth-order valence-corrected chi connectivity index (χ4v) is 5.59. The van der Waals surface area contributed by atoms with Crippen molar-refractivity contribution in [2.75, 3.05) is 5.32 Å². The van der Waals surface area contributed by atoms with E-state index >= 15 is 0 Å². The van der Waals surface area contributed by atoms with Gasteiger partial charge in [0.15, 0.2) is 0 Å². The second-order valence-corrected chi connectivity index (χ2v) is 10.8. The highest BCUT2D eigenvalue weighted by atomic mass is 35.5. The quantitative estimate of drug-likeness (QED) is 0.190. The van der Waals surface area contributed by atoms with Crippen LogP contribution in [0.25, 0.3) is 17.0 Å². The van der Waals surface area contributed by atoms with Crippen LogP contribution >= 0.6 is 11.6 Å². The molecule has 0 unspecified atom stereocenters. The van der Waals surface area contributed by atoms with Gasteiger partial charge in [0, 0.05) is 51.4 Å². The maximum atomic E-state index is 14.8. The maximum absolute atomic E-state index is 14.8. The van der Waals surface area contributed by atoms with Crippen molar-refractivity contribution in [3.05, 3.63) is 112 Å². The maximum Gasteiger partial charge on any atom is 0.227 e. The van der Waals surface area contributed by atoms with E-state index in [1.54, 1.807) is 24.4 Å². The minimum atomic E-state index is -0.705. The largest absolute Gasteiger partial charge is 0.386 e. The summed E-state index contributed by atoms with van der Waals surface area (Å²) in [6.07, 6.45) is 9.49. The Labute approximate surface area is 247 Å².